The van der Waals surface area contributed by atoms with E-state index in [4.69, 9.17) is 9.47 Å². The highest BCUT2D eigenvalue weighted by molar-refractivity contribution is 7.99. The first-order valence-electron chi connectivity index (χ1n) is 10.9. The zero-order valence-electron chi connectivity index (χ0n) is 20.0. The van der Waals surface area contributed by atoms with E-state index < -0.39 is 0 Å². The number of hydrogen-bond acceptors (Lipinski definition) is 8. The molecule has 36 heavy (non-hydrogen) atoms. The molecule has 0 fully saturated rings. The standard InChI is InChI=1S/C26H25N5O3S2/c1-33-21-10-6-19(7-11-21)25-29-30-26(31(25)20-8-12-22(34-2)13-9-20)36-17-24(32)28-27-16-18-4-14-23(35-3)15-5-18/h4-16H,17H2,1-3H3,(H,28,32)/b27-16+. The second kappa shape index (κ2) is 12.3. The first-order chi connectivity index (χ1) is 17.6. The Morgan fingerprint density at radius 1 is 0.944 bits per heavy atom. The van der Waals surface area contributed by atoms with Gasteiger partial charge in [-0.2, -0.15) is 5.10 Å². The van der Waals surface area contributed by atoms with Crippen molar-refractivity contribution in [2.45, 2.75) is 10.1 Å². The van der Waals surface area contributed by atoms with Gasteiger partial charge in [0.25, 0.3) is 5.91 Å². The van der Waals surface area contributed by atoms with Crippen molar-refractivity contribution in [2.75, 3.05) is 26.2 Å². The van der Waals surface area contributed by atoms with Crippen molar-refractivity contribution >= 4 is 35.6 Å². The molecule has 0 radical (unpaired) electrons. The highest BCUT2D eigenvalue weighted by Gasteiger charge is 2.17. The molecule has 0 aliphatic carbocycles. The summed E-state index contributed by atoms with van der Waals surface area (Å²) in [5.41, 5.74) is 5.20. The van der Waals surface area contributed by atoms with Crippen molar-refractivity contribution in [3.05, 3.63) is 78.4 Å². The number of carbonyl (C=O) groups is 1. The lowest BCUT2D eigenvalue weighted by atomic mass is 10.2. The Labute approximate surface area is 218 Å². The van der Waals surface area contributed by atoms with Gasteiger partial charge in [-0.3, -0.25) is 9.36 Å². The maximum atomic E-state index is 12.4. The maximum Gasteiger partial charge on any atom is 0.250 e. The van der Waals surface area contributed by atoms with Crippen molar-refractivity contribution in [1.82, 2.24) is 20.2 Å². The monoisotopic (exact) mass is 519 g/mol. The van der Waals surface area contributed by atoms with Crippen LogP contribution in [0.2, 0.25) is 0 Å². The Morgan fingerprint density at radius 2 is 1.58 bits per heavy atom. The first-order valence-corrected chi connectivity index (χ1v) is 13.2. The average Bonchev–Trinajstić information content (AvgIpc) is 3.36. The van der Waals surface area contributed by atoms with Crippen LogP contribution in [-0.2, 0) is 4.79 Å². The van der Waals surface area contributed by atoms with Crippen LogP contribution in [0.25, 0.3) is 17.1 Å². The number of nitrogens with zero attached hydrogens (tertiary/aromatic N) is 4. The molecule has 4 rings (SSSR count). The molecule has 1 heterocycles. The molecule has 4 aromatic rings. The van der Waals surface area contributed by atoms with Crippen molar-refractivity contribution in [3.63, 3.8) is 0 Å². The topological polar surface area (TPSA) is 90.6 Å². The van der Waals surface area contributed by atoms with E-state index in [1.54, 1.807) is 32.2 Å². The van der Waals surface area contributed by atoms with Gasteiger partial charge in [-0.15, -0.1) is 22.0 Å². The molecule has 184 valence electrons. The van der Waals surface area contributed by atoms with Gasteiger partial charge < -0.3 is 9.47 Å². The third-order valence-corrected chi connectivity index (χ3v) is 6.84. The summed E-state index contributed by atoms with van der Waals surface area (Å²) in [6, 6.07) is 23.1. The van der Waals surface area contributed by atoms with Crippen LogP contribution in [0.3, 0.4) is 0 Å². The number of thioether (sulfide) groups is 2. The number of hydrogen-bond donors (Lipinski definition) is 1. The van der Waals surface area contributed by atoms with Gasteiger partial charge in [0.15, 0.2) is 11.0 Å². The summed E-state index contributed by atoms with van der Waals surface area (Å²) in [6.45, 7) is 0. The number of hydrazone groups is 1. The minimum Gasteiger partial charge on any atom is -0.497 e. The van der Waals surface area contributed by atoms with Crippen LogP contribution in [0.5, 0.6) is 11.5 Å². The molecule has 1 N–H and O–H groups in total. The lowest BCUT2D eigenvalue weighted by molar-refractivity contribution is -0.118. The van der Waals surface area contributed by atoms with Crippen molar-refractivity contribution in [3.8, 4) is 28.6 Å². The molecule has 0 aliphatic heterocycles. The number of methoxy groups -OCH3 is 2. The second-order valence-electron chi connectivity index (χ2n) is 7.42. The van der Waals surface area contributed by atoms with E-state index in [1.807, 2.05) is 83.6 Å². The van der Waals surface area contributed by atoms with Gasteiger partial charge in [-0.25, -0.2) is 5.43 Å². The van der Waals surface area contributed by atoms with Crippen LogP contribution in [0, 0.1) is 0 Å². The average molecular weight is 520 g/mol. The lowest BCUT2D eigenvalue weighted by Gasteiger charge is -2.11. The van der Waals surface area contributed by atoms with Crippen LogP contribution in [0.4, 0.5) is 0 Å². The summed E-state index contributed by atoms with van der Waals surface area (Å²) < 4.78 is 12.5. The molecular formula is C26H25N5O3S2. The summed E-state index contributed by atoms with van der Waals surface area (Å²) >= 11 is 2.95. The molecule has 10 heteroatoms. The number of benzene rings is 3. The highest BCUT2D eigenvalue weighted by atomic mass is 32.2. The van der Waals surface area contributed by atoms with E-state index >= 15 is 0 Å². The van der Waals surface area contributed by atoms with Crippen LogP contribution >= 0.6 is 23.5 Å². The van der Waals surface area contributed by atoms with Crippen LogP contribution < -0.4 is 14.9 Å². The van der Waals surface area contributed by atoms with Gasteiger partial charge in [0.2, 0.25) is 0 Å². The number of aromatic nitrogens is 3. The molecule has 0 unspecified atom stereocenters. The van der Waals surface area contributed by atoms with Crippen molar-refractivity contribution < 1.29 is 14.3 Å². The van der Waals surface area contributed by atoms with Gasteiger partial charge in [0.05, 0.1) is 26.2 Å². The third-order valence-electron chi connectivity index (χ3n) is 5.16. The molecule has 0 saturated heterocycles. The summed E-state index contributed by atoms with van der Waals surface area (Å²) in [7, 11) is 3.25. The fourth-order valence-electron chi connectivity index (χ4n) is 3.29. The largest absolute Gasteiger partial charge is 0.497 e. The van der Waals surface area contributed by atoms with Gasteiger partial charge >= 0.3 is 0 Å². The Morgan fingerprint density at radius 3 is 2.19 bits per heavy atom. The minimum atomic E-state index is -0.243. The fourth-order valence-corrected chi connectivity index (χ4v) is 4.44. The van der Waals surface area contributed by atoms with Gasteiger partial charge in [-0.1, -0.05) is 23.9 Å². The van der Waals surface area contributed by atoms with Crippen molar-refractivity contribution in [2.24, 2.45) is 5.10 Å². The van der Waals surface area contributed by atoms with E-state index in [0.29, 0.717) is 11.0 Å². The molecule has 0 saturated carbocycles. The number of carbonyl (C=O) groups excluding carboxylic acids is 1. The molecule has 8 nitrogen and oxygen atoms in total. The quantitative estimate of drug-likeness (QED) is 0.181. The summed E-state index contributed by atoms with van der Waals surface area (Å²) in [6.07, 6.45) is 3.64. The first kappa shape index (κ1) is 25.3. The molecule has 3 aromatic carbocycles. The fraction of sp³-hybridized carbons (Fsp3) is 0.154. The molecule has 1 amide bonds. The maximum absolute atomic E-state index is 12.4. The van der Waals surface area contributed by atoms with Gasteiger partial charge in [-0.05, 0) is 72.5 Å². The van der Waals surface area contributed by atoms with E-state index in [9.17, 15) is 4.79 Å². The van der Waals surface area contributed by atoms with Crippen LogP contribution in [0.15, 0.2) is 87.9 Å². The Bertz CT molecular complexity index is 1320. The van der Waals surface area contributed by atoms with E-state index in [-0.39, 0.29) is 11.7 Å². The zero-order valence-corrected chi connectivity index (χ0v) is 21.7. The second-order valence-corrected chi connectivity index (χ2v) is 9.25. The van der Waals surface area contributed by atoms with Gasteiger partial charge in [0, 0.05) is 16.1 Å². The summed E-state index contributed by atoms with van der Waals surface area (Å²) in [4.78, 5) is 13.6. The summed E-state index contributed by atoms with van der Waals surface area (Å²) in [5, 5.41) is 13.4. The normalized spacial score (nSPS) is 11.0. The smallest absolute Gasteiger partial charge is 0.250 e. The Balaban J connectivity index is 1.50. The SMILES string of the molecule is COc1ccc(-c2nnc(SCC(=O)N/N=C/c3ccc(SC)cc3)n2-c2ccc(OC)cc2)cc1. The summed E-state index contributed by atoms with van der Waals surface area (Å²) in [5.74, 6) is 2.03. The van der Waals surface area contributed by atoms with Crippen LogP contribution in [0.1, 0.15) is 5.56 Å². The Hall–Kier alpha value is -3.76. The van der Waals surface area contributed by atoms with Crippen molar-refractivity contribution in [1.29, 1.82) is 0 Å². The zero-order chi connectivity index (χ0) is 25.3. The Kier molecular flexibility index (Phi) is 8.64. The van der Waals surface area contributed by atoms with Crippen LogP contribution in [-0.4, -0.2) is 53.1 Å². The molecule has 0 aliphatic rings. The number of rotatable bonds is 10. The molecule has 1 aromatic heterocycles. The molecular weight excluding hydrogens is 494 g/mol. The van der Waals surface area contributed by atoms with E-state index in [0.717, 1.165) is 28.3 Å². The number of amides is 1. The highest BCUT2D eigenvalue weighted by Crippen LogP contribution is 2.29. The van der Waals surface area contributed by atoms with E-state index in [2.05, 4.69) is 20.7 Å². The number of ether oxygens (including phenoxy) is 2. The molecule has 0 spiro atoms. The number of nitrogens with one attached hydrogen (secondary N) is 1. The lowest BCUT2D eigenvalue weighted by Crippen LogP contribution is -2.20. The van der Waals surface area contributed by atoms with Gasteiger partial charge in [0.1, 0.15) is 11.5 Å². The minimum absolute atomic E-state index is 0.125. The predicted octanol–water partition coefficient (Wildman–Crippen LogP) is 4.92. The molecule has 0 bridgehead atoms. The molecule has 0 atom stereocenters. The third kappa shape index (κ3) is 6.27. The predicted molar refractivity (Wildman–Crippen MR) is 145 cm³/mol. The van der Waals surface area contributed by atoms with E-state index in [1.165, 1.54) is 16.7 Å².